The third kappa shape index (κ3) is 3.87. The number of carbonyl (C=O) groups is 2. The Hall–Kier alpha value is -2.70. The van der Waals surface area contributed by atoms with Crippen LogP contribution in [0.2, 0.25) is 0 Å². The van der Waals surface area contributed by atoms with E-state index in [1.165, 1.54) is 11.8 Å². The SMILES string of the molecule is COC(=O)CC1CCN(C(=O)Cn2ncc3ccccc3c2=O)CC1. The van der Waals surface area contributed by atoms with Gasteiger partial charge >= 0.3 is 5.97 Å². The number of hydrogen-bond acceptors (Lipinski definition) is 5. The Bertz CT molecular complexity index is 838. The lowest BCUT2D eigenvalue weighted by atomic mass is 9.93. The molecule has 1 saturated heterocycles. The molecule has 0 N–H and O–H groups in total. The lowest BCUT2D eigenvalue weighted by Gasteiger charge is -2.31. The third-order valence-corrected chi connectivity index (χ3v) is 4.70. The topological polar surface area (TPSA) is 81.5 Å². The fourth-order valence-corrected chi connectivity index (χ4v) is 3.17. The van der Waals surface area contributed by atoms with Crippen molar-refractivity contribution in [1.29, 1.82) is 0 Å². The minimum atomic E-state index is -0.257. The number of amides is 1. The predicted molar refractivity (Wildman–Crippen MR) is 91.9 cm³/mol. The predicted octanol–water partition coefficient (Wildman–Crippen LogP) is 1.20. The van der Waals surface area contributed by atoms with E-state index in [2.05, 4.69) is 9.84 Å². The van der Waals surface area contributed by atoms with Gasteiger partial charge in [-0.2, -0.15) is 5.10 Å². The maximum absolute atomic E-state index is 12.5. The molecule has 0 spiro atoms. The first-order valence-corrected chi connectivity index (χ1v) is 8.38. The van der Waals surface area contributed by atoms with E-state index in [9.17, 15) is 14.4 Å². The summed E-state index contributed by atoms with van der Waals surface area (Å²) in [6.07, 6.45) is 3.53. The Balaban J connectivity index is 1.63. The lowest BCUT2D eigenvalue weighted by Crippen LogP contribution is -2.42. The van der Waals surface area contributed by atoms with Crippen LogP contribution in [-0.2, 0) is 20.9 Å². The molecule has 3 rings (SSSR count). The van der Waals surface area contributed by atoms with Crippen molar-refractivity contribution in [3.63, 3.8) is 0 Å². The van der Waals surface area contributed by atoms with Crippen molar-refractivity contribution < 1.29 is 14.3 Å². The number of nitrogens with zero attached hydrogens (tertiary/aromatic N) is 3. The van der Waals surface area contributed by atoms with Gasteiger partial charge < -0.3 is 9.64 Å². The highest BCUT2D eigenvalue weighted by Crippen LogP contribution is 2.21. The van der Waals surface area contributed by atoms with Crippen molar-refractivity contribution in [1.82, 2.24) is 14.7 Å². The average molecular weight is 343 g/mol. The van der Waals surface area contributed by atoms with Gasteiger partial charge in [0.05, 0.1) is 18.7 Å². The number of rotatable bonds is 4. The molecule has 25 heavy (non-hydrogen) atoms. The van der Waals surface area contributed by atoms with Gasteiger partial charge in [0.25, 0.3) is 5.56 Å². The second kappa shape index (κ2) is 7.46. The number of hydrogen-bond donors (Lipinski definition) is 0. The molecule has 132 valence electrons. The number of esters is 1. The summed E-state index contributed by atoms with van der Waals surface area (Å²) in [6, 6.07) is 7.19. The number of ether oxygens (including phenoxy) is 1. The monoisotopic (exact) mass is 343 g/mol. The van der Waals surface area contributed by atoms with Gasteiger partial charge in [-0.1, -0.05) is 18.2 Å². The molecule has 1 aliphatic heterocycles. The fraction of sp³-hybridized carbons (Fsp3) is 0.444. The van der Waals surface area contributed by atoms with E-state index in [0.717, 1.165) is 18.2 Å². The third-order valence-electron chi connectivity index (χ3n) is 4.70. The molecule has 2 aromatic rings. The van der Waals surface area contributed by atoms with Crippen LogP contribution in [0.15, 0.2) is 35.3 Å². The van der Waals surface area contributed by atoms with Crippen molar-refractivity contribution in [2.45, 2.75) is 25.8 Å². The van der Waals surface area contributed by atoms with E-state index < -0.39 is 0 Å². The molecule has 0 unspecified atom stereocenters. The van der Waals surface area contributed by atoms with Gasteiger partial charge in [-0.15, -0.1) is 0 Å². The lowest BCUT2D eigenvalue weighted by molar-refractivity contribution is -0.142. The Labute approximate surface area is 145 Å². The van der Waals surface area contributed by atoms with Crippen molar-refractivity contribution in [3.8, 4) is 0 Å². The van der Waals surface area contributed by atoms with E-state index in [4.69, 9.17) is 0 Å². The maximum Gasteiger partial charge on any atom is 0.305 e. The molecule has 0 atom stereocenters. The molecule has 2 heterocycles. The van der Waals surface area contributed by atoms with Gasteiger partial charge in [0.1, 0.15) is 6.54 Å². The molecule has 1 aromatic carbocycles. The minimum absolute atomic E-state index is 0.0642. The first kappa shape index (κ1) is 17.1. The van der Waals surface area contributed by atoms with Crippen molar-refractivity contribution in [2.24, 2.45) is 5.92 Å². The largest absolute Gasteiger partial charge is 0.469 e. The normalized spacial score (nSPS) is 15.3. The molecule has 0 bridgehead atoms. The van der Waals surface area contributed by atoms with Crippen LogP contribution in [0, 0.1) is 5.92 Å². The smallest absolute Gasteiger partial charge is 0.305 e. The Morgan fingerprint density at radius 3 is 2.68 bits per heavy atom. The second-order valence-corrected chi connectivity index (χ2v) is 6.30. The first-order chi connectivity index (χ1) is 12.1. The summed E-state index contributed by atoms with van der Waals surface area (Å²) < 4.78 is 5.90. The molecule has 1 amide bonds. The maximum atomic E-state index is 12.5. The van der Waals surface area contributed by atoms with Gasteiger partial charge in [-0.3, -0.25) is 14.4 Å². The zero-order chi connectivity index (χ0) is 17.8. The van der Waals surface area contributed by atoms with Crippen LogP contribution in [0.4, 0.5) is 0 Å². The summed E-state index contributed by atoms with van der Waals surface area (Å²) >= 11 is 0. The van der Waals surface area contributed by atoms with E-state index in [-0.39, 0.29) is 29.9 Å². The Morgan fingerprint density at radius 1 is 1.24 bits per heavy atom. The highest BCUT2D eigenvalue weighted by molar-refractivity contribution is 5.81. The van der Waals surface area contributed by atoms with Crippen molar-refractivity contribution >= 4 is 22.6 Å². The number of benzene rings is 1. The summed E-state index contributed by atoms with van der Waals surface area (Å²) in [4.78, 5) is 38.0. The molecule has 1 aliphatic rings. The van der Waals surface area contributed by atoms with Gasteiger partial charge in [0.2, 0.25) is 5.91 Å². The van der Waals surface area contributed by atoms with E-state index >= 15 is 0 Å². The van der Waals surface area contributed by atoms with E-state index in [1.807, 2.05) is 12.1 Å². The summed E-state index contributed by atoms with van der Waals surface area (Å²) in [6.45, 7) is 1.11. The van der Waals surface area contributed by atoms with E-state index in [1.54, 1.807) is 23.2 Å². The van der Waals surface area contributed by atoms with Crippen LogP contribution in [0.1, 0.15) is 19.3 Å². The summed E-state index contributed by atoms with van der Waals surface area (Å²) in [5.74, 6) is -0.0869. The van der Waals surface area contributed by atoms with Crippen LogP contribution in [0.25, 0.3) is 10.8 Å². The molecule has 7 nitrogen and oxygen atoms in total. The fourth-order valence-electron chi connectivity index (χ4n) is 3.17. The first-order valence-electron chi connectivity index (χ1n) is 8.38. The van der Waals surface area contributed by atoms with Crippen LogP contribution in [-0.4, -0.2) is 46.8 Å². The molecule has 1 aromatic heterocycles. The number of carbonyl (C=O) groups excluding carboxylic acids is 2. The number of fused-ring (bicyclic) bond motifs is 1. The van der Waals surface area contributed by atoms with Gasteiger partial charge in [-0.05, 0) is 24.8 Å². The zero-order valence-corrected chi connectivity index (χ0v) is 14.2. The second-order valence-electron chi connectivity index (χ2n) is 6.30. The molecular formula is C18H21N3O4. The number of piperidine rings is 1. The highest BCUT2D eigenvalue weighted by Gasteiger charge is 2.25. The summed E-state index contributed by atoms with van der Waals surface area (Å²) in [5, 5.41) is 5.42. The number of likely N-dealkylation sites (tertiary alicyclic amines) is 1. The van der Waals surface area contributed by atoms with Crippen molar-refractivity contribution in [3.05, 3.63) is 40.8 Å². The summed E-state index contributed by atoms with van der Waals surface area (Å²) in [5.41, 5.74) is -0.257. The molecule has 0 aliphatic carbocycles. The highest BCUT2D eigenvalue weighted by atomic mass is 16.5. The Morgan fingerprint density at radius 2 is 1.96 bits per heavy atom. The quantitative estimate of drug-likeness (QED) is 0.779. The van der Waals surface area contributed by atoms with Gasteiger partial charge in [0, 0.05) is 24.9 Å². The standard InChI is InChI=1S/C18H21N3O4/c1-25-17(23)10-13-6-8-20(9-7-13)16(22)12-21-18(24)15-5-3-2-4-14(15)11-19-21/h2-5,11,13H,6-10,12H2,1H3. The molecular weight excluding hydrogens is 322 g/mol. The van der Waals surface area contributed by atoms with Gasteiger partial charge in [0.15, 0.2) is 0 Å². The molecule has 0 radical (unpaired) electrons. The van der Waals surface area contributed by atoms with Crippen LogP contribution < -0.4 is 5.56 Å². The molecule has 1 fully saturated rings. The average Bonchev–Trinajstić information content (AvgIpc) is 2.64. The summed E-state index contributed by atoms with van der Waals surface area (Å²) in [7, 11) is 1.38. The Kier molecular flexibility index (Phi) is 5.11. The minimum Gasteiger partial charge on any atom is -0.469 e. The van der Waals surface area contributed by atoms with Crippen molar-refractivity contribution in [2.75, 3.05) is 20.2 Å². The molecule has 7 heteroatoms. The number of methoxy groups -OCH3 is 1. The van der Waals surface area contributed by atoms with Crippen LogP contribution >= 0.6 is 0 Å². The van der Waals surface area contributed by atoms with Crippen LogP contribution in [0.5, 0.6) is 0 Å². The van der Waals surface area contributed by atoms with E-state index in [0.29, 0.717) is 24.9 Å². The number of aromatic nitrogens is 2. The molecule has 0 saturated carbocycles. The zero-order valence-electron chi connectivity index (χ0n) is 14.2. The van der Waals surface area contributed by atoms with Gasteiger partial charge in [-0.25, -0.2) is 4.68 Å². The van der Waals surface area contributed by atoms with Crippen LogP contribution in [0.3, 0.4) is 0 Å².